The number of ether oxygens (including phenoxy) is 2. The summed E-state index contributed by atoms with van der Waals surface area (Å²) in [5.41, 5.74) is 3.74. The molecule has 0 bridgehead atoms. The molecule has 0 amide bonds. The number of nitrogens with zero attached hydrogens (tertiary/aromatic N) is 5. The van der Waals surface area contributed by atoms with Gasteiger partial charge < -0.3 is 14.5 Å². The van der Waals surface area contributed by atoms with Crippen LogP contribution in [0.4, 0.5) is 0 Å². The average Bonchev–Trinajstić information content (AvgIpc) is 3.58. The second kappa shape index (κ2) is 11.2. The summed E-state index contributed by atoms with van der Waals surface area (Å²) in [4.78, 5) is 18.4. The molecule has 1 N–H and O–H groups in total. The van der Waals surface area contributed by atoms with Gasteiger partial charge in [-0.15, -0.1) is 5.10 Å². The van der Waals surface area contributed by atoms with Crippen molar-refractivity contribution in [3.63, 3.8) is 0 Å². The third kappa shape index (κ3) is 5.73. The summed E-state index contributed by atoms with van der Waals surface area (Å²) in [6, 6.07) is 15.9. The normalized spacial score (nSPS) is 16.5. The van der Waals surface area contributed by atoms with E-state index in [-0.39, 0.29) is 17.7 Å². The van der Waals surface area contributed by atoms with Crippen LogP contribution in [0.5, 0.6) is 5.75 Å². The number of aromatic nitrogens is 5. The molecular formula is C28H34N6O3. The van der Waals surface area contributed by atoms with Crippen molar-refractivity contribution in [3.05, 3.63) is 81.4 Å². The molecule has 9 heteroatoms. The summed E-state index contributed by atoms with van der Waals surface area (Å²) in [5.74, 6) is 1.59. The monoisotopic (exact) mass is 502 g/mol. The number of benzene rings is 2. The zero-order chi connectivity index (χ0) is 25.8. The molecular weight excluding hydrogens is 468 g/mol. The molecule has 194 valence electrons. The molecule has 0 saturated carbocycles. The van der Waals surface area contributed by atoms with Gasteiger partial charge in [-0.2, -0.15) is 0 Å². The first-order chi connectivity index (χ1) is 18.0. The number of hydrogen-bond donors (Lipinski definition) is 1. The van der Waals surface area contributed by atoms with Crippen LogP contribution in [0.1, 0.15) is 54.7 Å². The van der Waals surface area contributed by atoms with E-state index in [0.29, 0.717) is 19.6 Å². The predicted octanol–water partition coefficient (Wildman–Crippen LogP) is 4.01. The summed E-state index contributed by atoms with van der Waals surface area (Å²) < 4.78 is 13.1. The largest absolute Gasteiger partial charge is 0.497 e. The fourth-order valence-corrected chi connectivity index (χ4v) is 5.13. The van der Waals surface area contributed by atoms with Crippen LogP contribution in [0.15, 0.2) is 53.3 Å². The van der Waals surface area contributed by atoms with Gasteiger partial charge in [0.25, 0.3) is 5.56 Å². The second-order valence-electron chi connectivity index (χ2n) is 9.75. The van der Waals surface area contributed by atoms with Crippen molar-refractivity contribution in [1.29, 1.82) is 0 Å². The standard InChI is InChI=1S/C28H34N6O3/c1-4-26(27-30-31-32-34(27)16-20-8-10-23(36-3)11-9-20)33(18-24-6-5-13-37-24)17-22-15-21-14-19(2)7-12-25(21)29-28(22)35/h7-12,14-15,24,26H,4-6,13,16-18H2,1-3H3,(H,29,35)/t24-,26+/m1/s1. The Bertz CT molecular complexity index is 1390. The van der Waals surface area contributed by atoms with E-state index >= 15 is 0 Å². The Morgan fingerprint density at radius 1 is 1.22 bits per heavy atom. The van der Waals surface area contributed by atoms with Gasteiger partial charge in [-0.25, -0.2) is 4.68 Å². The highest BCUT2D eigenvalue weighted by atomic mass is 16.5. The van der Waals surface area contributed by atoms with E-state index in [1.165, 1.54) is 0 Å². The van der Waals surface area contributed by atoms with Crippen LogP contribution in [0.2, 0.25) is 0 Å². The van der Waals surface area contributed by atoms with Crippen molar-refractivity contribution in [2.75, 3.05) is 20.3 Å². The van der Waals surface area contributed by atoms with E-state index in [1.807, 2.05) is 47.1 Å². The number of nitrogens with one attached hydrogen (secondary N) is 1. The number of pyridine rings is 1. The smallest absolute Gasteiger partial charge is 0.252 e. The fraction of sp³-hybridized carbons (Fsp3) is 0.429. The van der Waals surface area contributed by atoms with Crippen molar-refractivity contribution in [1.82, 2.24) is 30.1 Å². The number of fused-ring (bicyclic) bond motifs is 1. The number of methoxy groups -OCH3 is 1. The molecule has 0 radical (unpaired) electrons. The maximum Gasteiger partial charge on any atom is 0.252 e. The van der Waals surface area contributed by atoms with Gasteiger partial charge in [0.15, 0.2) is 5.82 Å². The van der Waals surface area contributed by atoms with Gasteiger partial charge >= 0.3 is 0 Å². The molecule has 0 spiro atoms. The van der Waals surface area contributed by atoms with Gasteiger partial charge in [-0.3, -0.25) is 9.69 Å². The van der Waals surface area contributed by atoms with Crippen LogP contribution in [-0.4, -0.2) is 56.5 Å². The summed E-state index contributed by atoms with van der Waals surface area (Å²) in [5, 5.41) is 13.8. The average molecular weight is 503 g/mol. The quantitative estimate of drug-likeness (QED) is 0.350. The Morgan fingerprint density at radius 3 is 2.78 bits per heavy atom. The van der Waals surface area contributed by atoms with E-state index in [1.54, 1.807) is 7.11 Å². The molecule has 5 rings (SSSR count). The molecule has 2 aromatic carbocycles. The van der Waals surface area contributed by atoms with E-state index in [9.17, 15) is 4.79 Å². The van der Waals surface area contributed by atoms with Crippen LogP contribution in [-0.2, 0) is 17.8 Å². The highest BCUT2D eigenvalue weighted by molar-refractivity contribution is 5.79. The van der Waals surface area contributed by atoms with Crippen LogP contribution in [0.25, 0.3) is 10.9 Å². The third-order valence-electron chi connectivity index (χ3n) is 7.09. The molecule has 2 atom stereocenters. The third-order valence-corrected chi connectivity index (χ3v) is 7.09. The van der Waals surface area contributed by atoms with Gasteiger partial charge in [0, 0.05) is 30.8 Å². The lowest BCUT2D eigenvalue weighted by Gasteiger charge is -2.32. The van der Waals surface area contributed by atoms with Crippen molar-refractivity contribution in [2.45, 2.75) is 58.3 Å². The summed E-state index contributed by atoms with van der Waals surface area (Å²) in [6.07, 6.45) is 2.99. The van der Waals surface area contributed by atoms with Crippen LogP contribution in [0.3, 0.4) is 0 Å². The zero-order valence-electron chi connectivity index (χ0n) is 21.7. The van der Waals surface area contributed by atoms with E-state index < -0.39 is 0 Å². The molecule has 37 heavy (non-hydrogen) atoms. The SMILES string of the molecule is CC[C@@H](c1nnnn1Cc1ccc(OC)cc1)N(Cc1cc2cc(C)ccc2[nH]c1=O)C[C@H]1CCCO1. The molecule has 0 unspecified atom stereocenters. The number of H-pyrrole nitrogens is 1. The maximum absolute atomic E-state index is 13.1. The predicted molar refractivity (Wildman–Crippen MR) is 142 cm³/mol. The topological polar surface area (TPSA) is 98.2 Å². The first kappa shape index (κ1) is 25.1. The van der Waals surface area contributed by atoms with Crippen LogP contribution < -0.4 is 10.3 Å². The van der Waals surface area contributed by atoms with Crippen molar-refractivity contribution in [3.8, 4) is 5.75 Å². The minimum atomic E-state index is -0.0787. The van der Waals surface area contributed by atoms with Gasteiger partial charge in [-0.1, -0.05) is 30.7 Å². The van der Waals surface area contributed by atoms with E-state index in [4.69, 9.17) is 9.47 Å². The number of hydrogen-bond acceptors (Lipinski definition) is 7. The minimum Gasteiger partial charge on any atom is -0.497 e. The van der Waals surface area contributed by atoms with Gasteiger partial charge in [0.1, 0.15) is 5.75 Å². The molecule has 1 aliphatic rings. The Balaban J connectivity index is 1.46. The highest BCUT2D eigenvalue weighted by Gasteiger charge is 2.29. The molecule has 1 fully saturated rings. The summed E-state index contributed by atoms with van der Waals surface area (Å²) >= 11 is 0. The number of rotatable bonds is 10. The van der Waals surface area contributed by atoms with E-state index in [2.05, 4.69) is 45.3 Å². The highest BCUT2D eigenvalue weighted by Crippen LogP contribution is 2.27. The molecule has 1 aliphatic heterocycles. The Hall–Kier alpha value is -3.56. The van der Waals surface area contributed by atoms with Crippen LogP contribution >= 0.6 is 0 Å². The maximum atomic E-state index is 13.1. The molecule has 4 aromatic rings. The second-order valence-corrected chi connectivity index (χ2v) is 9.75. The van der Waals surface area contributed by atoms with Crippen molar-refractivity contribution >= 4 is 10.9 Å². The first-order valence-corrected chi connectivity index (χ1v) is 12.9. The lowest BCUT2D eigenvalue weighted by Crippen LogP contribution is -2.37. The molecule has 1 saturated heterocycles. The van der Waals surface area contributed by atoms with Crippen LogP contribution in [0, 0.1) is 6.92 Å². The van der Waals surface area contributed by atoms with Crippen molar-refractivity contribution in [2.24, 2.45) is 0 Å². The first-order valence-electron chi connectivity index (χ1n) is 12.9. The van der Waals surface area contributed by atoms with E-state index in [0.717, 1.165) is 65.0 Å². The summed E-state index contributed by atoms with van der Waals surface area (Å²) in [7, 11) is 1.66. The molecule has 0 aliphatic carbocycles. The number of aromatic amines is 1. The minimum absolute atomic E-state index is 0.0682. The Morgan fingerprint density at radius 2 is 2.05 bits per heavy atom. The van der Waals surface area contributed by atoms with Gasteiger partial charge in [0.05, 0.1) is 25.8 Å². The summed E-state index contributed by atoms with van der Waals surface area (Å²) in [6.45, 7) is 6.70. The zero-order valence-corrected chi connectivity index (χ0v) is 21.7. The van der Waals surface area contributed by atoms with Crippen molar-refractivity contribution < 1.29 is 9.47 Å². The molecule has 2 aromatic heterocycles. The molecule has 9 nitrogen and oxygen atoms in total. The van der Waals surface area contributed by atoms with Gasteiger partial charge in [0.2, 0.25) is 0 Å². The fourth-order valence-electron chi connectivity index (χ4n) is 5.13. The number of aryl methyl sites for hydroxylation is 1. The molecule has 3 heterocycles. The Kier molecular flexibility index (Phi) is 7.62. The number of tetrazole rings is 1. The van der Waals surface area contributed by atoms with Gasteiger partial charge in [-0.05, 0) is 77.9 Å². The Labute approximate surface area is 216 Å². The lowest BCUT2D eigenvalue weighted by molar-refractivity contribution is 0.0489. The lowest BCUT2D eigenvalue weighted by atomic mass is 10.1.